The normalized spacial score (nSPS) is 28.5. The van der Waals surface area contributed by atoms with Crippen molar-refractivity contribution >= 4 is 29.3 Å². The van der Waals surface area contributed by atoms with E-state index in [1.54, 1.807) is 12.1 Å². The number of benzene rings is 1. The zero-order valence-corrected chi connectivity index (χ0v) is 19.7. The quantitative estimate of drug-likeness (QED) is 0.641. The molecule has 3 unspecified atom stereocenters. The van der Waals surface area contributed by atoms with Crippen LogP contribution >= 0.6 is 0 Å². The number of carbonyl (C=O) groups is 4. The van der Waals surface area contributed by atoms with Crippen molar-refractivity contribution in [2.24, 2.45) is 5.73 Å². The Morgan fingerprint density at radius 3 is 2.44 bits per heavy atom. The molecule has 0 aromatic heterocycles. The molecule has 3 heterocycles. The number of nitrogens with one attached hydrogen (secondary N) is 1. The van der Waals surface area contributed by atoms with E-state index in [9.17, 15) is 19.2 Å². The Bertz CT molecular complexity index is 1020. The molecule has 0 spiro atoms. The van der Waals surface area contributed by atoms with E-state index in [1.165, 1.54) is 12.8 Å². The van der Waals surface area contributed by atoms with Crippen LogP contribution < -0.4 is 16.0 Å². The smallest absolute Gasteiger partial charge is 0.264 e. The molecule has 3 fully saturated rings. The second kappa shape index (κ2) is 9.11. The third-order valence-electron chi connectivity index (χ3n) is 8.09. The molecule has 0 bridgehead atoms. The summed E-state index contributed by atoms with van der Waals surface area (Å²) in [6.07, 6.45) is 6.78. The fraction of sp³-hybridized carbons (Fsp3) is 0.600. The zero-order valence-electron chi connectivity index (χ0n) is 19.7. The van der Waals surface area contributed by atoms with Gasteiger partial charge in [0.15, 0.2) is 0 Å². The van der Waals surface area contributed by atoms with Crippen molar-refractivity contribution in [1.29, 1.82) is 0 Å². The van der Waals surface area contributed by atoms with E-state index >= 15 is 0 Å². The summed E-state index contributed by atoms with van der Waals surface area (Å²) in [5, 5.41) is 2.25. The maximum Gasteiger partial charge on any atom is 0.264 e. The van der Waals surface area contributed by atoms with E-state index in [2.05, 4.69) is 22.2 Å². The van der Waals surface area contributed by atoms with Crippen molar-refractivity contribution in [3.8, 4) is 0 Å². The minimum atomic E-state index is -0.945. The van der Waals surface area contributed by atoms with Crippen LogP contribution in [-0.4, -0.2) is 77.7 Å². The van der Waals surface area contributed by atoms with Gasteiger partial charge in [-0.05, 0) is 57.7 Å². The number of piperidine rings is 2. The second-order valence-corrected chi connectivity index (χ2v) is 10.1. The molecule has 1 aliphatic carbocycles. The van der Waals surface area contributed by atoms with Crippen LogP contribution in [0, 0.1) is 0 Å². The van der Waals surface area contributed by atoms with Gasteiger partial charge in [-0.3, -0.25) is 29.4 Å². The molecule has 1 aromatic carbocycles. The van der Waals surface area contributed by atoms with Crippen LogP contribution in [0.4, 0.5) is 5.69 Å². The predicted octanol–water partition coefficient (Wildman–Crippen LogP) is 1.26. The van der Waals surface area contributed by atoms with E-state index in [0.717, 1.165) is 49.4 Å². The lowest BCUT2D eigenvalue weighted by Crippen LogP contribution is -2.54. The summed E-state index contributed by atoms with van der Waals surface area (Å²) in [7, 11) is 2.21. The first-order valence-electron chi connectivity index (χ1n) is 12.4. The molecule has 5 rings (SSSR count). The molecule has 3 atom stereocenters. The van der Waals surface area contributed by atoms with Gasteiger partial charge in [0, 0.05) is 37.6 Å². The molecular weight excluding hydrogens is 434 g/mol. The summed E-state index contributed by atoms with van der Waals surface area (Å²) < 4.78 is 0. The highest BCUT2D eigenvalue weighted by Gasteiger charge is 2.46. The Labute approximate surface area is 199 Å². The molecule has 4 amide bonds. The first-order chi connectivity index (χ1) is 16.3. The van der Waals surface area contributed by atoms with E-state index in [1.807, 2.05) is 6.07 Å². The monoisotopic (exact) mass is 467 g/mol. The average Bonchev–Trinajstić information content (AvgIpc) is 3.09. The average molecular weight is 468 g/mol. The molecule has 0 radical (unpaired) electrons. The van der Waals surface area contributed by atoms with Gasteiger partial charge in [0.25, 0.3) is 11.8 Å². The van der Waals surface area contributed by atoms with Gasteiger partial charge in [0.2, 0.25) is 11.8 Å². The largest absolute Gasteiger partial charge is 0.371 e. The summed E-state index contributed by atoms with van der Waals surface area (Å²) >= 11 is 0. The highest BCUT2D eigenvalue weighted by atomic mass is 16.2. The SMILES string of the molecule is CN(C1CCN(c2cccc3c2C(=O)N(C2CCC(=O)NC2=O)C3=O)CC1)C1CCCC(N)C1. The Balaban J connectivity index is 1.30. The molecule has 3 aliphatic heterocycles. The molecule has 4 aliphatic rings. The maximum absolute atomic E-state index is 13.4. The highest BCUT2D eigenvalue weighted by Crippen LogP contribution is 2.36. The molecule has 9 nitrogen and oxygen atoms in total. The van der Waals surface area contributed by atoms with Crippen LogP contribution in [0.3, 0.4) is 0 Å². The third-order valence-corrected chi connectivity index (χ3v) is 8.09. The minimum Gasteiger partial charge on any atom is -0.371 e. The predicted molar refractivity (Wildman–Crippen MR) is 126 cm³/mol. The summed E-state index contributed by atoms with van der Waals surface area (Å²) in [4.78, 5) is 56.2. The number of rotatable bonds is 4. The van der Waals surface area contributed by atoms with Gasteiger partial charge in [-0.1, -0.05) is 12.5 Å². The first kappa shape index (κ1) is 23.0. The molecule has 1 aromatic rings. The molecule has 9 heteroatoms. The molecule has 1 saturated carbocycles. The Morgan fingerprint density at radius 1 is 0.971 bits per heavy atom. The molecular formula is C25H33N5O4. The molecule has 3 N–H and O–H groups in total. The molecule has 2 saturated heterocycles. The number of hydrogen-bond acceptors (Lipinski definition) is 7. The van der Waals surface area contributed by atoms with Crippen LogP contribution in [0.25, 0.3) is 0 Å². The van der Waals surface area contributed by atoms with Crippen molar-refractivity contribution in [2.75, 3.05) is 25.0 Å². The van der Waals surface area contributed by atoms with Crippen LogP contribution in [0.15, 0.2) is 18.2 Å². The summed E-state index contributed by atoms with van der Waals surface area (Å²) in [5.74, 6) is -1.86. The van der Waals surface area contributed by atoms with E-state index < -0.39 is 23.8 Å². The van der Waals surface area contributed by atoms with Crippen molar-refractivity contribution in [1.82, 2.24) is 15.1 Å². The fourth-order valence-electron chi connectivity index (χ4n) is 6.14. The fourth-order valence-corrected chi connectivity index (χ4v) is 6.14. The maximum atomic E-state index is 13.4. The summed E-state index contributed by atoms with van der Waals surface area (Å²) in [6.45, 7) is 1.59. The number of nitrogens with zero attached hydrogens (tertiary/aromatic N) is 3. The highest BCUT2D eigenvalue weighted by molar-refractivity contribution is 6.25. The number of amides is 4. The van der Waals surface area contributed by atoms with E-state index in [-0.39, 0.29) is 18.7 Å². The van der Waals surface area contributed by atoms with Gasteiger partial charge in [0.05, 0.1) is 16.8 Å². The lowest BCUT2D eigenvalue weighted by atomic mass is 9.89. The van der Waals surface area contributed by atoms with Crippen molar-refractivity contribution in [2.45, 2.75) is 75.5 Å². The lowest BCUT2D eigenvalue weighted by Gasteiger charge is -2.43. The van der Waals surface area contributed by atoms with Gasteiger partial charge in [-0.2, -0.15) is 0 Å². The van der Waals surface area contributed by atoms with Gasteiger partial charge < -0.3 is 15.5 Å². The Morgan fingerprint density at radius 2 is 1.74 bits per heavy atom. The van der Waals surface area contributed by atoms with Crippen molar-refractivity contribution in [3.05, 3.63) is 29.3 Å². The van der Waals surface area contributed by atoms with Gasteiger partial charge in [-0.25, -0.2) is 0 Å². The summed E-state index contributed by atoms with van der Waals surface area (Å²) in [5.41, 5.74) is 7.68. The van der Waals surface area contributed by atoms with E-state index in [0.29, 0.717) is 29.3 Å². The number of fused-ring (bicyclic) bond motifs is 1. The van der Waals surface area contributed by atoms with Gasteiger partial charge in [-0.15, -0.1) is 0 Å². The number of anilines is 1. The number of imide groups is 2. The van der Waals surface area contributed by atoms with Crippen LogP contribution in [0.1, 0.15) is 72.1 Å². The van der Waals surface area contributed by atoms with Gasteiger partial charge >= 0.3 is 0 Å². The summed E-state index contributed by atoms with van der Waals surface area (Å²) in [6, 6.07) is 5.70. The van der Waals surface area contributed by atoms with Gasteiger partial charge in [0.1, 0.15) is 6.04 Å². The van der Waals surface area contributed by atoms with Crippen molar-refractivity contribution in [3.63, 3.8) is 0 Å². The third kappa shape index (κ3) is 4.01. The zero-order chi connectivity index (χ0) is 24.0. The first-order valence-corrected chi connectivity index (χ1v) is 12.4. The molecule has 182 valence electrons. The Kier molecular flexibility index (Phi) is 6.16. The van der Waals surface area contributed by atoms with Crippen LogP contribution in [-0.2, 0) is 9.59 Å². The Hall–Kier alpha value is -2.78. The topological polar surface area (TPSA) is 116 Å². The van der Waals surface area contributed by atoms with Crippen LogP contribution in [0.2, 0.25) is 0 Å². The van der Waals surface area contributed by atoms with E-state index in [4.69, 9.17) is 5.73 Å². The number of hydrogen-bond donors (Lipinski definition) is 2. The van der Waals surface area contributed by atoms with Crippen molar-refractivity contribution < 1.29 is 19.2 Å². The second-order valence-electron chi connectivity index (χ2n) is 10.1. The number of carbonyl (C=O) groups excluding carboxylic acids is 4. The van der Waals surface area contributed by atoms with Crippen LogP contribution in [0.5, 0.6) is 0 Å². The number of nitrogens with two attached hydrogens (primary N) is 1. The minimum absolute atomic E-state index is 0.115. The molecule has 34 heavy (non-hydrogen) atoms. The standard InChI is InChI=1S/C25H33N5O4/c1-28(17-5-2-4-15(26)14-17)16-10-12-29(13-11-16)19-7-3-6-18-22(19)25(34)30(24(18)33)20-8-9-21(31)27-23(20)32/h3,6-7,15-17,20H,2,4-5,8-14,26H2,1H3,(H,27,31,32). The lowest BCUT2D eigenvalue weighted by molar-refractivity contribution is -0.136.